The van der Waals surface area contributed by atoms with Gasteiger partial charge in [0.25, 0.3) is 5.91 Å². The molecular formula is C15H18N2O2. The van der Waals surface area contributed by atoms with E-state index in [0.717, 1.165) is 19.3 Å². The summed E-state index contributed by atoms with van der Waals surface area (Å²) in [5.41, 5.74) is 0.678. The van der Waals surface area contributed by atoms with Gasteiger partial charge in [-0.15, -0.1) is 0 Å². The highest BCUT2D eigenvalue weighted by molar-refractivity contribution is 6.21. The van der Waals surface area contributed by atoms with E-state index in [2.05, 4.69) is 6.92 Å². The number of rotatable bonds is 1. The van der Waals surface area contributed by atoms with Crippen molar-refractivity contribution in [1.82, 2.24) is 4.90 Å². The summed E-state index contributed by atoms with van der Waals surface area (Å²) in [6, 6.07) is 8.78. The fourth-order valence-corrected chi connectivity index (χ4v) is 3.11. The van der Waals surface area contributed by atoms with Crippen LogP contribution < -0.4 is 4.90 Å². The summed E-state index contributed by atoms with van der Waals surface area (Å²) in [7, 11) is 0. The third-order valence-electron chi connectivity index (χ3n) is 4.11. The smallest absolute Gasteiger partial charge is 0.312 e. The predicted molar refractivity (Wildman–Crippen MR) is 72.8 cm³/mol. The van der Waals surface area contributed by atoms with E-state index in [9.17, 15) is 9.59 Å². The van der Waals surface area contributed by atoms with E-state index in [1.807, 2.05) is 30.3 Å². The van der Waals surface area contributed by atoms with Gasteiger partial charge in [0.05, 0.1) is 5.69 Å². The van der Waals surface area contributed by atoms with Crippen molar-refractivity contribution in [1.29, 1.82) is 0 Å². The Balaban J connectivity index is 1.97. The summed E-state index contributed by atoms with van der Waals surface area (Å²) in [5, 5.41) is 0. The minimum absolute atomic E-state index is 0.0643. The zero-order chi connectivity index (χ0) is 13.4. The Morgan fingerprint density at radius 3 is 2.58 bits per heavy atom. The van der Waals surface area contributed by atoms with E-state index >= 15 is 0 Å². The van der Waals surface area contributed by atoms with E-state index in [4.69, 9.17) is 0 Å². The van der Waals surface area contributed by atoms with Crippen molar-refractivity contribution in [3.8, 4) is 0 Å². The number of carbonyl (C=O) groups is 2. The van der Waals surface area contributed by atoms with E-state index in [0.29, 0.717) is 12.2 Å². The fourth-order valence-electron chi connectivity index (χ4n) is 3.11. The maximum Gasteiger partial charge on any atom is 0.332 e. The minimum Gasteiger partial charge on any atom is -0.312 e. The second-order valence-corrected chi connectivity index (χ2v) is 5.40. The molecule has 100 valence electrons. The first-order valence-corrected chi connectivity index (χ1v) is 6.90. The molecule has 1 aromatic rings. The third-order valence-corrected chi connectivity index (χ3v) is 4.11. The van der Waals surface area contributed by atoms with E-state index < -0.39 is 0 Å². The molecule has 1 unspecified atom stereocenters. The number of nitrogens with zero attached hydrogens (tertiary/aromatic N) is 2. The van der Waals surface area contributed by atoms with Gasteiger partial charge in [-0.3, -0.25) is 4.79 Å². The molecule has 0 N–H and O–H groups in total. The Hall–Kier alpha value is -1.84. The van der Waals surface area contributed by atoms with Gasteiger partial charge in [-0.05, 0) is 30.9 Å². The molecule has 0 bridgehead atoms. The number of hydrogen-bond donors (Lipinski definition) is 0. The van der Waals surface area contributed by atoms with E-state index in [1.54, 1.807) is 4.90 Å². The van der Waals surface area contributed by atoms with E-state index in [1.165, 1.54) is 4.90 Å². The molecule has 2 atom stereocenters. The number of urea groups is 1. The van der Waals surface area contributed by atoms with Crippen LogP contribution in [0.25, 0.3) is 0 Å². The Morgan fingerprint density at radius 1 is 1.11 bits per heavy atom. The summed E-state index contributed by atoms with van der Waals surface area (Å²) in [4.78, 5) is 28.2. The van der Waals surface area contributed by atoms with Gasteiger partial charge in [-0.2, -0.15) is 0 Å². The van der Waals surface area contributed by atoms with Gasteiger partial charge in [0.15, 0.2) is 0 Å². The van der Waals surface area contributed by atoms with Crippen molar-refractivity contribution in [2.24, 2.45) is 5.92 Å². The zero-order valence-corrected chi connectivity index (χ0v) is 11.1. The minimum atomic E-state index is -0.268. The topological polar surface area (TPSA) is 40.6 Å². The van der Waals surface area contributed by atoms with Gasteiger partial charge in [0, 0.05) is 6.54 Å². The molecule has 1 aromatic carbocycles. The van der Waals surface area contributed by atoms with Crippen LogP contribution in [0.4, 0.5) is 10.5 Å². The third kappa shape index (κ3) is 1.91. The van der Waals surface area contributed by atoms with Crippen molar-refractivity contribution in [2.45, 2.75) is 32.2 Å². The average molecular weight is 258 g/mol. The normalized spacial score (nSPS) is 27.4. The SMILES string of the molecule is C[C@H]1CCCCN2C(=O)N(c3ccccc3)C(=O)C12. The van der Waals surface area contributed by atoms with E-state index in [-0.39, 0.29) is 23.9 Å². The Labute approximate surface area is 113 Å². The molecule has 2 fully saturated rings. The predicted octanol–water partition coefficient (Wildman–Crippen LogP) is 2.64. The highest BCUT2D eigenvalue weighted by atomic mass is 16.2. The maximum atomic E-state index is 12.6. The van der Waals surface area contributed by atoms with Crippen molar-refractivity contribution in [2.75, 3.05) is 11.4 Å². The molecule has 0 saturated carbocycles. The number of fused-ring (bicyclic) bond motifs is 1. The number of anilines is 1. The Bertz CT molecular complexity index is 500. The Morgan fingerprint density at radius 2 is 1.84 bits per heavy atom. The standard InChI is InChI=1S/C15H18N2O2/c1-11-7-5-6-10-16-13(11)14(18)17(15(16)19)12-8-3-2-4-9-12/h2-4,8-9,11,13H,5-7,10H2,1H3/t11-,13?/m0/s1. The first-order valence-electron chi connectivity index (χ1n) is 6.90. The summed E-state index contributed by atoms with van der Waals surface area (Å²) >= 11 is 0. The van der Waals surface area contributed by atoms with Gasteiger partial charge in [-0.1, -0.05) is 31.5 Å². The van der Waals surface area contributed by atoms with Crippen LogP contribution >= 0.6 is 0 Å². The zero-order valence-electron chi connectivity index (χ0n) is 11.1. The van der Waals surface area contributed by atoms with Gasteiger partial charge in [-0.25, -0.2) is 9.69 Å². The Kier molecular flexibility index (Phi) is 3.01. The van der Waals surface area contributed by atoms with Crippen molar-refractivity contribution in [3.05, 3.63) is 30.3 Å². The molecule has 2 saturated heterocycles. The number of para-hydroxylation sites is 1. The number of benzene rings is 1. The molecule has 4 nitrogen and oxygen atoms in total. The van der Waals surface area contributed by atoms with Crippen LogP contribution in [0.3, 0.4) is 0 Å². The highest BCUT2D eigenvalue weighted by Crippen LogP contribution is 2.32. The van der Waals surface area contributed by atoms with Gasteiger partial charge in [0.1, 0.15) is 6.04 Å². The molecule has 4 heteroatoms. The van der Waals surface area contributed by atoms with Crippen LogP contribution in [-0.2, 0) is 4.79 Å². The maximum absolute atomic E-state index is 12.6. The molecule has 0 spiro atoms. The van der Waals surface area contributed by atoms with Crippen LogP contribution in [0.2, 0.25) is 0 Å². The first-order chi connectivity index (χ1) is 9.20. The molecule has 0 radical (unpaired) electrons. The number of imide groups is 1. The molecular weight excluding hydrogens is 240 g/mol. The molecule has 2 aliphatic rings. The number of carbonyl (C=O) groups excluding carboxylic acids is 2. The fraction of sp³-hybridized carbons (Fsp3) is 0.467. The molecule has 0 aromatic heterocycles. The average Bonchev–Trinajstić information content (AvgIpc) is 2.56. The lowest BCUT2D eigenvalue weighted by atomic mass is 9.97. The first kappa shape index (κ1) is 12.2. The summed E-state index contributed by atoms with van der Waals surface area (Å²) in [6.45, 7) is 2.77. The van der Waals surface area contributed by atoms with Gasteiger partial charge < -0.3 is 4.90 Å². The lowest BCUT2D eigenvalue weighted by Gasteiger charge is -2.22. The van der Waals surface area contributed by atoms with Crippen molar-refractivity contribution < 1.29 is 9.59 Å². The van der Waals surface area contributed by atoms with Crippen LogP contribution in [-0.4, -0.2) is 29.4 Å². The summed E-state index contributed by atoms with van der Waals surface area (Å²) in [5.74, 6) is 0.179. The number of amides is 3. The van der Waals surface area contributed by atoms with Crippen molar-refractivity contribution in [3.63, 3.8) is 0 Å². The second kappa shape index (κ2) is 4.68. The van der Waals surface area contributed by atoms with Crippen LogP contribution in [0.1, 0.15) is 26.2 Å². The van der Waals surface area contributed by atoms with Crippen LogP contribution in [0, 0.1) is 5.92 Å². The van der Waals surface area contributed by atoms with Crippen LogP contribution in [0.15, 0.2) is 30.3 Å². The molecule has 3 rings (SSSR count). The number of hydrogen-bond acceptors (Lipinski definition) is 2. The summed E-state index contributed by atoms with van der Waals surface area (Å²) < 4.78 is 0. The highest BCUT2D eigenvalue weighted by Gasteiger charge is 2.48. The quantitative estimate of drug-likeness (QED) is 0.727. The molecule has 19 heavy (non-hydrogen) atoms. The van der Waals surface area contributed by atoms with Gasteiger partial charge >= 0.3 is 6.03 Å². The molecule has 2 aliphatic heterocycles. The molecule has 2 heterocycles. The lowest BCUT2D eigenvalue weighted by molar-refractivity contribution is -0.120. The molecule has 3 amide bonds. The molecule has 0 aliphatic carbocycles. The monoisotopic (exact) mass is 258 g/mol. The van der Waals surface area contributed by atoms with Crippen LogP contribution in [0.5, 0.6) is 0 Å². The van der Waals surface area contributed by atoms with Crippen molar-refractivity contribution >= 4 is 17.6 Å². The summed E-state index contributed by atoms with van der Waals surface area (Å²) in [6.07, 6.45) is 3.10. The van der Waals surface area contributed by atoms with Gasteiger partial charge in [0.2, 0.25) is 0 Å². The lowest BCUT2D eigenvalue weighted by Crippen LogP contribution is -2.38. The second-order valence-electron chi connectivity index (χ2n) is 5.40. The largest absolute Gasteiger partial charge is 0.332 e.